The first-order chi connectivity index (χ1) is 10.6. The van der Waals surface area contributed by atoms with E-state index >= 15 is 0 Å². The van der Waals surface area contributed by atoms with Crippen molar-refractivity contribution in [3.8, 4) is 17.1 Å². The molecule has 1 heterocycles. The Morgan fingerprint density at radius 1 is 1.45 bits per heavy atom. The van der Waals surface area contributed by atoms with Crippen molar-refractivity contribution in [1.29, 1.82) is 0 Å². The number of hydrogen-bond acceptors (Lipinski definition) is 5. The Hall–Kier alpha value is -2.02. The second kappa shape index (κ2) is 7.31. The van der Waals surface area contributed by atoms with Gasteiger partial charge in [0.2, 0.25) is 5.91 Å². The van der Waals surface area contributed by atoms with Crippen LogP contribution in [0.5, 0.6) is 5.75 Å². The molecular formula is C15H20N4O2S. The number of carbonyl (C=O) groups is 1. The average molecular weight is 320 g/mol. The van der Waals surface area contributed by atoms with Crippen molar-refractivity contribution < 1.29 is 9.53 Å². The Bertz CT molecular complexity index is 657. The number of nitrogens with zero attached hydrogens (tertiary/aromatic N) is 3. The Morgan fingerprint density at radius 3 is 2.91 bits per heavy atom. The van der Waals surface area contributed by atoms with Crippen LogP contribution in [0.15, 0.2) is 29.4 Å². The van der Waals surface area contributed by atoms with Gasteiger partial charge < -0.3 is 14.6 Å². The molecule has 0 aliphatic carbocycles. The van der Waals surface area contributed by atoms with Crippen LogP contribution in [0.4, 0.5) is 0 Å². The van der Waals surface area contributed by atoms with Crippen molar-refractivity contribution in [2.24, 2.45) is 7.05 Å². The van der Waals surface area contributed by atoms with Crippen LogP contribution in [0.3, 0.4) is 0 Å². The van der Waals surface area contributed by atoms with E-state index in [1.807, 2.05) is 49.7 Å². The smallest absolute Gasteiger partial charge is 0.233 e. The third kappa shape index (κ3) is 3.59. The highest BCUT2D eigenvalue weighted by Crippen LogP contribution is 2.27. The van der Waals surface area contributed by atoms with Gasteiger partial charge in [-0.15, -0.1) is 10.2 Å². The van der Waals surface area contributed by atoms with E-state index in [1.54, 1.807) is 7.11 Å². The molecule has 0 fully saturated rings. The van der Waals surface area contributed by atoms with Crippen molar-refractivity contribution in [1.82, 2.24) is 20.1 Å². The Labute approximate surface area is 134 Å². The molecule has 1 amide bonds. The van der Waals surface area contributed by atoms with E-state index in [1.165, 1.54) is 11.8 Å². The van der Waals surface area contributed by atoms with Gasteiger partial charge in [0.25, 0.3) is 0 Å². The van der Waals surface area contributed by atoms with Crippen molar-refractivity contribution in [3.63, 3.8) is 0 Å². The van der Waals surface area contributed by atoms with E-state index in [9.17, 15) is 4.79 Å². The highest BCUT2D eigenvalue weighted by Gasteiger charge is 2.18. The topological polar surface area (TPSA) is 69.0 Å². The van der Waals surface area contributed by atoms with Gasteiger partial charge in [-0.25, -0.2) is 0 Å². The molecule has 1 aromatic carbocycles. The maximum absolute atomic E-state index is 11.8. The van der Waals surface area contributed by atoms with Crippen LogP contribution >= 0.6 is 11.8 Å². The highest BCUT2D eigenvalue weighted by atomic mass is 32.2. The van der Waals surface area contributed by atoms with Gasteiger partial charge in [0.05, 0.1) is 12.4 Å². The lowest BCUT2D eigenvalue weighted by molar-refractivity contribution is -0.120. The van der Waals surface area contributed by atoms with E-state index in [-0.39, 0.29) is 11.2 Å². The van der Waals surface area contributed by atoms with Crippen molar-refractivity contribution in [2.45, 2.75) is 24.3 Å². The predicted molar refractivity (Wildman–Crippen MR) is 87.0 cm³/mol. The van der Waals surface area contributed by atoms with Crippen LogP contribution < -0.4 is 10.1 Å². The summed E-state index contributed by atoms with van der Waals surface area (Å²) in [6, 6.07) is 7.65. The zero-order valence-electron chi connectivity index (χ0n) is 13.2. The minimum absolute atomic E-state index is 0.00145. The molecular weight excluding hydrogens is 300 g/mol. The first-order valence-corrected chi connectivity index (χ1v) is 7.93. The fourth-order valence-electron chi connectivity index (χ4n) is 1.96. The SMILES string of the molecule is CCNC(=O)[C@@H](C)Sc1nnc(-c2cccc(OC)c2)n1C. The Kier molecular flexibility index (Phi) is 5.43. The van der Waals surface area contributed by atoms with Crippen molar-refractivity contribution in [2.75, 3.05) is 13.7 Å². The van der Waals surface area contributed by atoms with E-state index in [4.69, 9.17) is 4.74 Å². The first kappa shape index (κ1) is 16.4. The highest BCUT2D eigenvalue weighted by molar-refractivity contribution is 8.00. The number of carbonyl (C=O) groups excluding carboxylic acids is 1. The summed E-state index contributed by atoms with van der Waals surface area (Å²) in [5, 5.41) is 11.7. The lowest BCUT2D eigenvalue weighted by Gasteiger charge is -2.10. The van der Waals surface area contributed by atoms with Gasteiger partial charge in [-0.3, -0.25) is 4.79 Å². The minimum Gasteiger partial charge on any atom is -0.497 e. The van der Waals surface area contributed by atoms with E-state index < -0.39 is 0 Å². The summed E-state index contributed by atoms with van der Waals surface area (Å²) in [5.41, 5.74) is 0.923. The molecule has 0 unspecified atom stereocenters. The molecule has 1 N–H and O–H groups in total. The number of rotatable bonds is 6. The van der Waals surface area contributed by atoms with Crippen LogP contribution in [0.2, 0.25) is 0 Å². The average Bonchev–Trinajstić information content (AvgIpc) is 2.88. The molecule has 1 aromatic heterocycles. The van der Waals surface area contributed by atoms with Crippen LogP contribution in [0, 0.1) is 0 Å². The third-order valence-corrected chi connectivity index (χ3v) is 4.30. The molecule has 0 saturated heterocycles. The van der Waals surface area contributed by atoms with Gasteiger partial charge in [0.1, 0.15) is 5.75 Å². The van der Waals surface area contributed by atoms with Gasteiger partial charge in [-0.1, -0.05) is 23.9 Å². The monoisotopic (exact) mass is 320 g/mol. The third-order valence-electron chi connectivity index (χ3n) is 3.17. The predicted octanol–water partition coefficient (Wildman–Crippen LogP) is 2.11. The molecule has 2 aromatic rings. The zero-order chi connectivity index (χ0) is 16.1. The van der Waals surface area contributed by atoms with Crippen molar-refractivity contribution >= 4 is 17.7 Å². The normalized spacial score (nSPS) is 12.0. The van der Waals surface area contributed by atoms with Crippen LogP contribution in [0.25, 0.3) is 11.4 Å². The molecule has 22 heavy (non-hydrogen) atoms. The number of thioether (sulfide) groups is 1. The molecule has 6 nitrogen and oxygen atoms in total. The molecule has 0 bridgehead atoms. The fourth-order valence-corrected chi connectivity index (χ4v) is 2.80. The summed E-state index contributed by atoms with van der Waals surface area (Å²) in [5.74, 6) is 1.51. The largest absolute Gasteiger partial charge is 0.497 e. The number of hydrogen-bond donors (Lipinski definition) is 1. The minimum atomic E-state index is -0.221. The fraction of sp³-hybridized carbons (Fsp3) is 0.400. The zero-order valence-corrected chi connectivity index (χ0v) is 14.0. The maximum Gasteiger partial charge on any atom is 0.233 e. The molecule has 7 heteroatoms. The van der Waals surface area contributed by atoms with Gasteiger partial charge in [-0.2, -0.15) is 0 Å². The van der Waals surface area contributed by atoms with Gasteiger partial charge in [-0.05, 0) is 26.0 Å². The molecule has 1 atom stereocenters. The van der Waals surface area contributed by atoms with Gasteiger partial charge in [0, 0.05) is 19.2 Å². The summed E-state index contributed by atoms with van der Waals surface area (Å²) in [7, 11) is 3.52. The molecule has 0 aliphatic heterocycles. The summed E-state index contributed by atoms with van der Waals surface area (Å²) < 4.78 is 7.11. The molecule has 0 spiro atoms. The summed E-state index contributed by atoms with van der Waals surface area (Å²) in [4.78, 5) is 11.8. The molecule has 118 valence electrons. The second-order valence-electron chi connectivity index (χ2n) is 4.75. The lowest BCUT2D eigenvalue weighted by Crippen LogP contribution is -2.30. The molecule has 0 aliphatic rings. The number of aromatic nitrogens is 3. The van der Waals surface area contributed by atoms with E-state index in [0.717, 1.165) is 17.1 Å². The molecule has 2 rings (SSSR count). The number of amides is 1. The van der Waals surface area contributed by atoms with Gasteiger partial charge in [0.15, 0.2) is 11.0 Å². The van der Waals surface area contributed by atoms with Crippen LogP contribution in [0.1, 0.15) is 13.8 Å². The second-order valence-corrected chi connectivity index (χ2v) is 6.06. The number of nitrogens with one attached hydrogen (secondary N) is 1. The summed E-state index contributed by atoms with van der Waals surface area (Å²) in [6.07, 6.45) is 0. The number of benzene rings is 1. The van der Waals surface area contributed by atoms with Crippen LogP contribution in [-0.4, -0.2) is 39.6 Å². The quantitative estimate of drug-likeness (QED) is 0.826. The number of ether oxygens (including phenoxy) is 1. The van der Waals surface area contributed by atoms with Crippen molar-refractivity contribution in [3.05, 3.63) is 24.3 Å². The van der Waals surface area contributed by atoms with E-state index in [2.05, 4.69) is 15.5 Å². The Morgan fingerprint density at radius 2 is 2.23 bits per heavy atom. The first-order valence-electron chi connectivity index (χ1n) is 7.05. The number of methoxy groups -OCH3 is 1. The van der Waals surface area contributed by atoms with Gasteiger partial charge >= 0.3 is 0 Å². The molecule has 0 saturated carbocycles. The Balaban J connectivity index is 2.20. The lowest BCUT2D eigenvalue weighted by atomic mass is 10.2. The summed E-state index contributed by atoms with van der Waals surface area (Å²) in [6.45, 7) is 4.38. The maximum atomic E-state index is 11.8. The molecule has 0 radical (unpaired) electrons. The van der Waals surface area contributed by atoms with E-state index in [0.29, 0.717) is 11.7 Å². The standard InChI is InChI=1S/C15H20N4O2S/c1-5-16-14(20)10(2)22-15-18-17-13(19(15)3)11-7-6-8-12(9-11)21-4/h6-10H,5H2,1-4H3,(H,16,20)/t10-/m1/s1. The van der Waals surface area contributed by atoms with Crippen LogP contribution in [-0.2, 0) is 11.8 Å². The summed E-state index contributed by atoms with van der Waals surface area (Å²) >= 11 is 1.39.